The average molecular weight is 370 g/mol. The van der Waals surface area contributed by atoms with Crippen LogP contribution in [0.1, 0.15) is 11.3 Å². The number of aromatic nitrogens is 1. The maximum atomic E-state index is 5.39. The van der Waals surface area contributed by atoms with Crippen LogP contribution >= 0.6 is 15.9 Å². The van der Waals surface area contributed by atoms with Gasteiger partial charge in [-0.3, -0.25) is 4.98 Å². The van der Waals surface area contributed by atoms with Crippen LogP contribution in [0.4, 0.5) is 0 Å². The molecule has 0 bridgehead atoms. The molecule has 0 saturated heterocycles. The monoisotopic (exact) mass is 369 g/mol. The minimum absolute atomic E-state index is 0.699. The fourth-order valence-electron chi connectivity index (χ4n) is 2.44. The van der Waals surface area contributed by atoms with E-state index in [0.29, 0.717) is 11.5 Å². The van der Waals surface area contributed by atoms with Crippen LogP contribution in [0.5, 0.6) is 11.5 Å². The zero-order chi connectivity index (χ0) is 16.2. The lowest BCUT2D eigenvalue weighted by Gasteiger charge is -2.10. The van der Waals surface area contributed by atoms with E-state index in [4.69, 9.17) is 9.47 Å². The van der Waals surface area contributed by atoms with Crippen molar-refractivity contribution in [1.82, 2.24) is 4.98 Å². The summed E-state index contributed by atoms with van der Waals surface area (Å²) in [4.78, 5) is 4.48. The first-order valence-electron chi connectivity index (χ1n) is 7.15. The minimum atomic E-state index is 0.699. The first kappa shape index (κ1) is 15.6. The zero-order valence-electron chi connectivity index (χ0n) is 12.9. The van der Waals surface area contributed by atoms with Crippen molar-refractivity contribution in [3.8, 4) is 11.5 Å². The Labute approximate surface area is 143 Å². The van der Waals surface area contributed by atoms with Gasteiger partial charge in [0.25, 0.3) is 0 Å². The highest BCUT2D eigenvalue weighted by Gasteiger charge is 2.08. The highest BCUT2D eigenvalue weighted by Crippen LogP contribution is 2.33. The molecule has 1 heterocycles. The molecule has 0 atom stereocenters. The van der Waals surface area contributed by atoms with Crippen LogP contribution in [0.25, 0.3) is 22.9 Å². The topological polar surface area (TPSA) is 31.4 Å². The molecule has 0 saturated carbocycles. The second kappa shape index (κ2) is 6.84. The number of hydrogen-bond acceptors (Lipinski definition) is 3. The Hall–Kier alpha value is -2.33. The third-order valence-electron chi connectivity index (χ3n) is 3.58. The summed E-state index contributed by atoms with van der Waals surface area (Å²) in [6.45, 7) is 0. The maximum Gasteiger partial charge on any atom is 0.161 e. The third kappa shape index (κ3) is 3.37. The van der Waals surface area contributed by atoms with E-state index in [1.54, 1.807) is 20.4 Å². The van der Waals surface area contributed by atoms with E-state index in [2.05, 4.69) is 33.0 Å². The average Bonchev–Trinajstić information content (AvgIpc) is 2.58. The molecule has 2 aromatic carbocycles. The lowest BCUT2D eigenvalue weighted by molar-refractivity contribution is 0.356. The predicted octanol–water partition coefficient (Wildman–Crippen LogP) is 5.18. The number of benzene rings is 2. The van der Waals surface area contributed by atoms with Crippen molar-refractivity contribution in [2.75, 3.05) is 14.2 Å². The van der Waals surface area contributed by atoms with E-state index >= 15 is 0 Å². The molecule has 3 rings (SSSR count). The van der Waals surface area contributed by atoms with Gasteiger partial charge in [0.15, 0.2) is 11.5 Å². The Morgan fingerprint density at radius 3 is 2.48 bits per heavy atom. The largest absolute Gasteiger partial charge is 0.493 e. The summed E-state index contributed by atoms with van der Waals surface area (Å²) in [6.07, 6.45) is 5.86. The maximum absolute atomic E-state index is 5.39. The van der Waals surface area contributed by atoms with Crippen molar-refractivity contribution in [3.63, 3.8) is 0 Å². The van der Waals surface area contributed by atoms with Gasteiger partial charge in [-0.1, -0.05) is 34.1 Å². The van der Waals surface area contributed by atoms with Gasteiger partial charge in [0.1, 0.15) is 0 Å². The number of pyridine rings is 1. The van der Waals surface area contributed by atoms with Crippen molar-refractivity contribution >= 4 is 38.9 Å². The molecule has 0 radical (unpaired) electrons. The van der Waals surface area contributed by atoms with Crippen molar-refractivity contribution in [3.05, 3.63) is 64.4 Å². The second-order valence-electron chi connectivity index (χ2n) is 5.01. The summed E-state index contributed by atoms with van der Waals surface area (Å²) in [5.41, 5.74) is 2.00. The van der Waals surface area contributed by atoms with E-state index in [9.17, 15) is 0 Å². The molecule has 4 heteroatoms. The van der Waals surface area contributed by atoms with Crippen molar-refractivity contribution in [2.45, 2.75) is 0 Å². The quantitative estimate of drug-likeness (QED) is 0.634. The van der Waals surface area contributed by atoms with Gasteiger partial charge in [-0.2, -0.15) is 0 Å². The van der Waals surface area contributed by atoms with E-state index in [0.717, 1.165) is 26.5 Å². The minimum Gasteiger partial charge on any atom is -0.493 e. The van der Waals surface area contributed by atoms with Crippen LogP contribution in [0.15, 0.2) is 53.1 Å². The molecular formula is C19H16BrNO2. The number of rotatable bonds is 4. The van der Waals surface area contributed by atoms with Crippen LogP contribution in [-0.2, 0) is 0 Å². The number of methoxy groups -OCH3 is 2. The van der Waals surface area contributed by atoms with Gasteiger partial charge >= 0.3 is 0 Å². The molecule has 116 valence electrons. The van der Waals surface area contributed by atoms with E-state index < -0.39 is 0 Å². The molecule has 0 aliphatic carbocycles. The van der Waals surface area contributed by atoms with Crippen LogP contribution in [0.3, 0.4) is 0 Å². The van der Waals surface area contributed by atoms with Crippen LogP contribution in [0, 0.1) is 0 Å². The number of hydrogen-bond donors (Lipinski definition) is 0. The molecule has 0 spiro atoms. The lowest BCUT2D eigenvalue weighted by Crippen LogP contribution is -1.92. The molecule has 0 aliphatic rings. The zero-order valence-corrected chi connectivity index (χ0v) is 14.5. The highest BCUT2D eigenvalue weighted by molar-refractivity contribution is 9.10. The van der Waals surface area contributed by atoms with Crippen molar-refractivity contribution in [2.24, 2.45) is 0 Å². The summed E-state index contributed by atoms with van der Waals surface area (Å²) in [6, 6.07) is 14.0. The summed E-state index contributed by atoms with van der Waals surface area (Å²) >= 11 is 3.48. The molecule has 23 heavy (non-hydrogen) atoms. The van der Waals surface area contributed by atoms with Crippen molar-refractivity contribution < 1.29 is 9.47 Å². The Morgan fingerprint density at radius 2 is 1.74 bits per heavy atom. The summed E-state index contributed by atoms with van der Waals surface area (Å²) in [7, 11) is 3.27. The summed E-state index contributed by atoms with van der Waals surface area (Å²) in [5, 5.41) is 2.09. The van der Waals surface area contributed by atoms with Gasteiger partial charge in [-0.15, -0.1) is 0 Å². The molecule has 0 amide bonds. The Bertz CT molecular complexity index is 874. The van der Waals surface area contributed by atoms with Gasteiger partial charge in [-0.25, -0.2) is 0 Å². The van der Waals surface area contributed by atoms with E-state index in [-0.39, 0.29) is 0 Å². The Balaban J connectivity index is 2.07. The summed E-state index contributed by atoms with van der Waals surface area (Å²) < 4.78 is 11.8. The number of nitrogens with zero attached hydrogens (tertiary/aromatic N) is 1. The van der Waals surface area contributed by atoms with E-state index in [1.165, 1.54) is 0 Å². The third-order valence-corrected chi connectivity index (χ3v) is 4.07. The molecule has 0 aliphatic heterocycles. The number of fused-ring (bicyclic) bond motifs is 1. The van der Waals surface area contributed by atoms with Crippen LogP contribution < -0.4 is 9.47 Å². The smallest absolute Gasteiger partial charge is 0.161 e. The molecule has 0 unspecified atom stereocenters. The van der Waals surface area contributed by atoms with E-state index in [1.807, 2.05) is 42.5 Å². The van der Waals surface area contributed by atoms with Gasteiger partial charge in [0, 0.05) is 16.1 Å². The first-order valence-corrected chi connectivity index (χ1v) is 7.95. The number of halogens is 1. The van der Waals surface area contributed by atoms with Crippen LogP contribution in [0.2, 0.25) is 0 Å². The fraction of sp³-hybridized carbons (Fsp3) is 0.105. The normalized spacial score (nSPS) is 11.1. The number of ether oxygens (including phenoxy) is 2. The highest BCUT2D eigenvalue weighted by atomic mass is 79.9. The molecule has 3 aromatic rings. The lowest BCUT2D eigenvalue weighted by atomic mass is 10.1. The second-order valence-corrected chi connectivity index (χ2v) is 5.93. The predicted molar refractivity (Wildman–Crippen MR) is 97.9 cm³/mol. The van der Waals surface area contributed by atoms with Gasteiger partial charge in [0.2, 0.25) is 0 Å². The molecule has 0 N–H and O–H groups in total. The first-order chi connectivity index (χ1) is 11.2. The molecule has 1 aromatic heterocycles. The summed E-state index contributed by atoms with van der Waals surface area (Å²) in [5.74, 6) is 1.42. The fourth-order valence-corrected chi connectivity index (χ4v) is 2.86. The van der Waals surface area contributed by atoms with Crippen LogP contribution in [-0.4, -0.2) is 19.2 Å². The molecule has 3 nitrogen and oxygen atoms in total. The molecule has 0 fully saturated rings. The van der Waals surface area contributed by atoms with Gasteiger partial charge in [-0.05, 0) is 47.4 Å². The SMILES string of the molecule is COc1cc2ccnc(/C=C/c3cccc(Br)c3)c2cc1OC. The Kier molecular flexibility index (Phi) is 4.63. The Morgan fingerprint density at radius 1 is 0.957 bits per heavy atom. The standard InChI is InChI=1S/C19H16BrNO2/c1-22-18-11-14-8-9-21-17(16(14)12-19(18)23-2)7-6-13-4-3-5-15(20)10-13/h3-12H,1-2H3/b7-6+. The van der Waals surface area contributed by atoms with Gasteiger partial charge in [0.05, 0.1) is 19.9 Å². The van der Waals surface area contributed by atoms with Crippen molar-refractivity contribution in [1.29, 1.82) is 0 Å². The molecular weight excluding hydrogens is 354 g/mol. The van der Waals surface area contributed by atoms with Gasteiger partial charge < -0.3 is 9.47 Å².